The van der Waals surface area contributed by atoms with Crippen molar-refractivity contribution in [3.63, 3.8) is 0 Å². The van der Waals surface area contributed by atoms with Crippen molar-refractivity contribution in [1.29, 1.82) is 0 Å². The molecule has 0 aliphatic heterocycles. The van der Waals surface area contributed by atoms with E-state index >= 15 is 0 Å². The molecule has 0 atom stereocenters. The van der Waals surface area contributed by atoms with Crippen molar-refractivity contribution in [2.24, 2.45) is 0 Å². The Labute approximate surface area is 171 Å². The van der Waals surface area contributed by atoms with Crippen molar-refractivity contribution < 1.29 is 18.8 Å². The van der Waals surface area contributed by atoms with Crippen LogP contribution in [0.1, 0.15) is 20.7 Å². The van der Waals surface area contributed by atoms with Crippen LogP contribution < -0.4 is 5.32 Å². The fraction of sp³-hybridized carbons (Fsp3) is 0.0455. The van der Waals surface area contributed by atoms with Gasteiger partial charge in [0.15, 0.2) is 5.76 Å². The minimum Gasteiger partial charge on any atom is -0.465 e. The van der Waals surface area contributed by atoms with Gasteiger partial charge in [-0.15, -0.1) is 0 Å². The van der Waals surface area contributed by atoms with Crippen molar-refractivity contribution >= 4 is 40.1 Å². The Hall–Kier alpha value is -3.64. The molecular weight excluding hydrogens is 392 g/mol. The van der Waals surface area contributed by atoms with Crippen LogP contribution in [-0.2, 0) is 4.74 Å². The topological polar surface area (TPSA) is 81.4 Å². The van der Waals surface area contributed by atoms with Crippen LogP contribution in [0.2, 0.25) is 5.02 Å². The Morgan fingerprint density at radius 3 is 2.59 bits per heavy atom. The van der Waals surface area contributed by atoms with Crippen LogP contribution in [0.15, 0.2) is 71.3 Å². The summed E-state index contributed by atoms with van der Waals surface area (Å²) in [6.45, 7) is 0. The number of nitrogens with one attached hydrogen (secondary N) is 1. The molecule has 4 aromatic rings. The number of methoxy groups -OCH3 is 1. The van der Waals surface area contributed by atoms with E-state index < -0.39 is 11.9 Å². The lowest BCUT2D eigenvalue weighted by molar-refractivity contribution is 0.0602. The summed E-state index contributed by atoms with van der Waals surface area (Å²) in [4.78, 5) is 24.8. The quantitative estimate of drug-likeness (QED) is 0.472. The number of nitrogens with zero attached hydrogens (tertiary/aromatic N) is 1. The second-order valence-electron chi connectivity index (χ2n) is 6.25. The van der Waals surface area contributed by atoms with Gasteiger partial charge in [-0.05, 0) is 36.4 Å². The Morgan fingerprint density at radius 2 is 1.83 bits per heavy atom. The van der Waals surface area contributed by atoms with Gasteiger partial charge in [0.2, 0.25) is 0 Å². The lowest BCUT2D eigenvalue weighted by Crippen LogP contribution is -2.15. The number of hydrogen-bond donors (Lipinski definition) is 1. The molecule has 0 aliphatic rings. The lowest BCUT2D eigenvalue weighted by atomic mass is 10.1. The third-order valence-corrected chi connectivity index (χ3v) is 4.64. The number of fused-ring (bicyclic) bond motifs is 1. The van der Waals surface area contributed by atoms with E-state index in [-0.39, 0.29) is 11.3 Å². The Balaban J connectivity index is 1.70. The standard InChI is InChI=1S/C22H15ClN2O4/c1-28-22(27)16-9-8-15(23)12-19(16)24-21(26)14-7-10-18-17(11-14)20(29-25-18)13-5-3-2-4-6-13/h2-12H,1H3,(H,24,26). The smallest absolute Gasteiger partial charge is 0.339 e. The summed E-state index contributed by atoms with van der Waals surface area (Å²) in [5.41, 5.74) is 2.35. The Kier molecular flexibility index (Phi) is 5.01. The molecule has 1 aromatic heterocycles. The van der Waals surface area contributed by atoms with E-state index in [9.17, 15) is 9.59 Å². The molecule has 6 nitrogen and oxygen atoms in total. The van der Waals surface area contributed by atoms with Crippen LogP contribution in [0, 0.1) is 0 Å². The van der Waals surface area contributed by atoms with Gasteiger partial charge in [0.25, 0.3) is 5.91 Å². The highest BCUT2D eigenvalue weighted by Crippen LogP contribution is 2.30. The van der Waals surface area contributed by atoms with E-state index in [2.05, 4.69) is 10.5 Å². The van der Waals surface area contributed by atoms with Crippen LogP contribution in [0.3, 0.4) is 0 Å². The van der Waals surface area contributed by atoms with Gasteiger partial charge in [-0.1, -0.05) is 47.1 Å². The van der Waals surface area contributed by atoms with Gasteiger partial charge in [0, 0.05) is 16.1 Å². The molecule has 0 unspecified atom stereocenters. The second-order valence-corrected chi connectivity index (χ2v) is 6.68. The van der Waals surface area contributed by atoms with Crippen molar-refractivity contribution in [3.8, 4) is 11.3 Å². The van der Waals surface area contributed by atoms with Crippen LogP contribution in [0.4, 0.5) is 5.69 Å². The molecule has 0 saturated heterocycles. The molecule has 1 amide bonds. The van der Waals surface area contributed by atoms with E-state index in [1.807, 2.05) is 30.3 Å². The largest absolute Gasteiger partial charge is 0.465 e. The molecule has 29 heavy (non-hydrogen) atoms. The number of carbonyl (C=O) groups is 2. The van der Waals surface area contributed by atoms with E-state index in [0.29, 0.717) is 27.2 Å². The van der Waals surface area contributed by atoms with Gasteiger partial charge in [-0.25, -0.2) is 4.79 Å². The van der Waals surface area contributed by atoms with E-state index in [1.54, 1.807) is 24.3 Å². The molecule has 7 heteroatoms. The van der Waals surface area contributed by atoms with E-state index in [1.165, 1.54) is 19.2 Å². The zero-order valence-electron chi connectivity index (χ0n) is 15.3. The molecule has 3 aromatic carbocycles. The molecule has 0 bridgehead atoms. The third-order valence-electron chi connectivity index (χ3n) is 4.41. The third kappa shape index (κ3) is 3.70. The number of carbonyl (C=O) groups excluding carboxylic acids is 2. The van der Waals surface area contributed by atoms with Gasteiger partial charge in [-0.2, -0.15) is 0 Å². The number of rotatable bonds is 4. The summed E-state index contributed by atoms with van der Waals surface area (Å²) >= 11 is 6.02. The minimum absolute atomic E-state index is 0.210. The molecule has 0 fully saturated rings. The first-order chi connectivity index (χ1) is 14.1. The number of halogens is 1. The average Bonchev–Trinajstić information content (AvgIpc) is 3.17. The first-order valence-corrected chi connectivity index (χ1v) is 9.08. The summed E-state index contributed by atoms with van der Waals surface area (Å²) in [5.74, 6) is -0.398. The van der Waals surface area contributed by atoms with Crippen LogP contribution in [-0.4, -0.2) is 24.1 Å². The fourth-order valence-corrected chi connectivity index (χ4v) is 3.15. The molecule has 0 saturated carbocycles. The zero-order chi connectivity index (χ0) is 20.4. The molecule has 144 valence electrons. The lowest BCUT2D eigenvalue weighted by Gasteiger charge is -2.10. The van der Waals surface area contributed by atoms with Crippen molar-refractivity contribution in [3.05, 3.63) is 82.9 Å². The monoisotopic (exact) mass is 406 g/mol. The molecule has 1 N–H and O–H groups in total. The summed E-state index contributed by atoms with van der Waals surface area (Å²) < 4.78 is 10.2. The summed E-state index contributed by atoms with van der Waals surface area (Å²) in [6, 6.07) is 19.1. The average molecular weight is 407 g/mol. The summed E-state index contributed by atoms with van der Waals surface area (Å²) in [6.07, 6.45) is 0. The van der Waals surface area contributed by atoms with Gasteiger partial charge in [-0.3, -0.25) is 4.79 Å². The molecule has 1 heterocycles. The molecule has 0 spiro atoms. The van der Waals surface area contributed by atoms with Crippen molar-refractivity contribution in [1.82, 2.24) is 5.16 Å². The molecular formula is C22H15ClN2O4. The summed E-state index contributed by atoms with van der Waals surface area (Å²) in [7, 11) is 1.27. The van der Waals surface area contributed by atoms with Gasteiger partial charge >= 0.3 is 5.97 Å². The highest BCUT2D eigenvalue weighted by Gasteiger charge is 2.17. The predicted octanol–water partition coefficient (Wildman–Crippen LogP) is 5.19. The Morgan fingerprint density at radius 1 is 1.03 bits per heavy atom. The van der Waals surface area contributed by atoms with Gasteiger partial charge < -0.3 is 14.6 Å². The molecule has 0 aliphatic carbocycles. The highest BCUT2D eigenvalue weighted by atomic mass is 35.5. The van der Waals surface area contributed by atoms with Gasteiger partial charge in [0.1, 0.15) is 5.52 Å². The SMILES string of the molecule is COC(=O)c1ccc(Cl)cc1NC(=O)c1ccc2noc(-c3ccccc3)c2c1. The number of ether oxygens (including phenoxy) is 1. The first kappa shape index (κ1) is 18.7. The van der Waals surface area contributed by atoms with Crippen LogP contribution in [0.5, 0.6) is 0 Å². The zero-order valence-corrected chi connectivity index (χ0v) is 16.1. The maximum atomic E-state index is 12.8. The maximum absolute atomic E-state index is 12.8. The van der Waals surface area contributed by atoms with E-state index in [0.717, 1.165) is 5.56 Å². The number of esters is 1. The minimum atomic E-state index is -0.571. The second kappa shape index (κ2) is 7.77. The van der Waals surface area contributed by atoms with Crippen molar-refractivity contribution in [2.45, 2.75) is 0 Å². The maximum Gasteiger partial charge on any atom is 0.339 e. The number of aromatic nitrogens is 1. The summed E-state index contributed by atoms with van der Waals surface area (Å²) in [5, 5.41) is 7.87. The highest BCUT2D eigenvalue weighted by molar-refractivity contribution is 6.31. The van der Waals surface area contributed by atoms with Crippen molar-refractivity contribution in [2.75, 3.05) is 12.4 Å². The number of anilines is 1. The Bertz CT molecular complexity index is 1220. The number of benzene rings is 3. The fourth-order valence-electron chi connectivity index (χ4n) is 2.98. The molecule has 0 radical (unpaired) electrons. The number of hydrogen-bond acceptors (Lipinski definition) is 5. The number of amides is 1. The first-order valence-electron chi connectivity index (χ1n) is 8.71. The van der Waals surface area contributed by atoms with Crippen LogP contribution >= 0.6 is 11.6 Å². The van der Waals surface area contributed by atoms with Gasteiger partial charge in [0.05, 0.1) is 23.7 Å². The molecule has 4 rings (SSSR count). The van der Waals surface area contributed by atoms with Crippen LogP contribution in [0.25, 0.3) is 22.2 Å². The normalized spacial score (nSPS) is 10.7. The van der Waals surface area contributed by atoms with E-state index in [4.69, 9.17) is 20.9 Å². The predicted molar refractivity (Wildman–Crippen MR) is 110 cm³/mol.